The molecule has 0 aromatic rings. The summed E-state index contributed by atoms with van der Waals surface area (Å²) >= 11 is 0. The first-order valence-corrected chi connectivity index (χ1v) is 9.02. The first kappa shape index (κ1) is 17.5. The molecule has 0 atom stereocenters. The van der Waals surface area contributed by atoms with E-state index in [0.717, 1.165) is 44.8 Å². The predicted octanol–water partition coefficient (Wildman–Crippen LogP) is 2.32. The lowest BCUT2D eigenvalue weighted by Gasteiger charge is -2.16. The van der Waals surface area contributed by atoms with Crippen molar-refractivity contribution in [3.05, 3.63) is 0 Å². The molecular weight excluding hydrogens is 278 g/mol. The minimum absolute atomic E-state index is 0.468. The summed E-state index contributed by atoms with van der Waals surface area (Å²) in [6.07, 6.45) is 11.0. The maximum Gasteiger partial charge on any atom is 0.191 e. The Labute approximate surface area is 135 Å². The van der Waals surface area contributed by atoms with Crippen molar-refractivity contribution < 1.29 is 9.47 Å². The van der Waals surface area contributed by atoms with Crippen LogP contribution >= 0.6 is 0 Å². The van der Waals surface area contributed by atoms with Crippen LogP contribution in [0.25, 0.3) is 0 Å². The summed E-state index contributed by atoms with van der Waals surface area (Å²) in [5.41, 5.74) is 0. The Morgan fingerprint density at radius 2 is 1.64 bits per heavy atom. The average Bonchev–Trinajstić information content (AvgIpc) is 3.36. The van der Waals surface area contributed by atoms with E-state index in [1.807, 2.05) is 0 Å². The molecule has 2 saturated carbocycles. The van der Waals surface area contributed by atoms with E-state index in [1.165, 1.54) is 51.4 Å². The summed E-state index contributed by atoms with van der Waals surface area (Å²) in [4.78, 5) is 4.22. The smallest absolute Gasteiger partial charge is 0.191 e. The molecule has 2 fully saturated rings. The van der Waals surface area contributed by atoms with Gasteiger partial charge in [0.25, 0.3) is 0 Å². The summed E-state index contributed by atoms with van der Waals surface area (Å²) in [6.45, 7) is 4.03. The van der Waals surface area contributed by atoms with E-state index in [2.05, 4.69) is 15.6 Å². The monoisotopic (exact) mass is 311 g/mol. The fraction of sp³-hybridized carbons (Fsp3) is 0.941. The molecule has 2 rings (SSSR count). The van der Waals surface area contributed by atoms with Gasteiger partial charge in [0.05, 0.1) is 19.3 Å². The van der Waals surface area contributed by atoms with Crippen LogP contribution in [0.1, 0.15) is 51.4 Å². The Balaban J connectivity index is 1.44. The third kappa shape index (κ3) is 7.99. The second kappa shape index (κ2) is 10.8. The molecule has 0 unspecified atom stereocenters. The average molecular weight is 311 g/mol. The van der Waals surface area contributed by atoms with Gasteiger partial charge in [-0.1, -0.05) is 25.7 Å². The van der Waals surface area contributed by atoms with Gasteiger partial charge < -0.3 is 20.1 Å². The Morgan fingerprint density at radius 3 is 2.27 bits per heavy atom. The van der Waals surface area contributed by atoms with Gasteiger partial charge in [-0.2, -0.15) is 0 Å². The summed E-state index contributed by atoms with van der Waals surface area (Å²) in [5, 5.41) is 6.57. The van der Waals surface area contributed by atoms with Crippen molar-refractivity contribution in [3.8, 4) is 0 Å². The normalized spacial score (nSPS) is 20.7. The highest BCUT2D eigenvalue weighted by Crippen LogP contribution is 2.28. The van der Waals surface area contributed by atoms with Crippen LogP contribution in [0.4, 0.5) is 0 Å². The van der Waals surface area contributed by atoms with Crippen molar-refractivity contribution in [2.24, 2.45) is 10.9 Å². The molecule has 2 N–H and O–H groups in total. The highest BCUT2D eigenvalue weighted by molar-refractivity contribution is 5.79. The number of hydrogen-bond acceptors (Lipinski definition) is 3. The maximum absolute atomic E-state index is 5.96. The number of nitrogens with one attached hydrogen (secondary N) is 2. The molecule has 0 radical (unpaired) electrons. The largest absolute Gasteiger partial charge is 0.379 e. The van der Waals surface area contributed by atoms with Crippen LogP contribution in [0.2, 0.25) is 0 Å². The fourth-order valence-electron chi connectivity index (χ4n) is 2.80. The van der Waals surface area contributed by atoms with Crippen molar-refractivity contribution in [2.45, 2.75) is 57.5 Å². The molecule has 0 aliphatic heterocycles. The van der Waals surface area contributed by atoms with Crippen molar-refractivity contribution in [1.82, 2.24) is 10.6 Å². The third-order valence-corrected chi connectivity index (χ3v) is 4.36. The fourth-order valence-corrected chi connectivity index (χ4v) is 2.80. The topological polar surface area (TPSA) is 54.9 Å². The lowest BCUT2D eigenvalue weighted by atomic mass is 10.1. The van der Waals surface area contributed by atoms with Gasteiger partial charge in [-0.05, 0) is 31.6 Å². The van der Waals surface area contributed by atoms with Crippen molar-refractivity contribution in [1.29, 1.82) is 0 Å². The quantitative estimate of drug-likeness (QED) is 0.297. The number of ether oxygens (including phenoxy) is 2. The lowest BCUT2D eigenvalue weighted by molar-refractivity contribution is 0.0468. The number of nitrogens with zero attached hydrogens (tertiary/aromatic N) is 1. The van der Waals surface area contributed by atoms with Gasteiger partial charge in [0.15, 0.2) is 5.96 Å². The molecule has 0 spiro atoms. The van der Waals surface area contributed by atoms with E-state index in [0.29, 0.717) is 6.10 Å². The summed E-state index contributed by atoms with van der Waals surface area (Å²) < 4.78 is 11.6. The van der Waals surface area contributed by atoms with Gasteiger partial charge in [0.1, 0.15) is 0 Å². The number of hydrogen-bond donors (Lipinski definition) is 2. The molecule has 5 nitrogen and oxygen atoms in total. The zero-order valence-corrected chi connectivity index (χ0v) is 14.1. The van der Waals surface area contributed by atoms with Crippen LogP contribution < -0.4 is 10.6 Å². The Bertz CT molecular complexity index is 311. The van der Waals surface area contributed by atoms with Crippen LogP contribution in [0.5, 0.6) is 0 Å². The Kier molecular flexibility index (Phi) is 8.64. The zero-order chi connectivity index (χ0) is 15.5. The summed E-state index contributed by atoms with van der Waals surface area (Å²) in [5.74, 6) is 1.66. The molecule has 0 amide bonds. The lowest BCUT2D eigenvalue weighted by Crippen LogP contribution is -2.40. The molecule has 0 aromatic heterocycles. The van der Waals surface area contributed by atoms with Gasteiger partial charge in [-0.3, -0.25) is 4.99 Å². The molecule has 2 aliphatic rings. The van der Waals surface area contributed by atoms with Crippen LogP contribution in [0.15, 0.2) is 4.99 Å². The molecule has 0 aromatic carbocycles. The number of guanidine groups is 1. The summed E-state index contributed by atoms with van der Waals surface area (Å²) in [7, 11) is 1.80. The molecule has 0 saturated heterocycles. The van der Waals surface area contributed by atoms with Crippen molar-refractivity contribution >= 4 is 5.96 Å². The third-order valence-electron chi connectivity index (χ3n) is 4.36. The minimum Gasteiger partial charge on any atom is -0.379 e. The van der Waals surface area contributed by atoms with E-state index >= 15 is 0 Å². The van der Waals surface area contributed by atoms with Crippen molar-refractivity contribution in [3.63, 3.8) is 0 Å². The Morgan fingerprint density at radius 1 is 0.955 bits per heavy atom. The van der Waals surface area contributed by atoms with Crippen LogP contribution in [-0.2, 0) is 9.47 Å². The highest BCUT2D eigenvalue weighted by Gasteiger charge is 2.20. The minimum atomic E-state index is 0.468. The highest BCUT2D eigenvalue weighted by atomic mass is 16.5. The zero-order valence-electron chi connectivity index (χ0n) is 14.1. The molecule has 0 heterocycles. The predicted molar refractivity (Wildman–Crippen MR) is 90.3 cm³/mol. The number of rotatable bonds is 9. The molecular formula is C17H33N3O2. The number of aliphatic imine (C=N–C) groups is 1. The van der Waals surface area contributed by atoms with E-state index in [-0.39, 0.29) is 0 Å². The van der Waals surface area contributed by atoms with Gasteiger partial charge >= 0.3 is 0 Å². The van der Waals surface area contributed by atoms with Gasteiger partial charge in [-0.15, -0.1) is 0 Å². The molecule has 2 aliphatic carbocycles. The molecule has 0 bridgehead atoms. The first-order valence-electron chi connectivity index (χ1n) is 9.02. The summed E-state index contributed by atoms with van der Waals surface area (Å²) in [6, 6.07) is 0. The van der Waals surface area contributed by atoms with E-state index < -0.39 is 0 Å². The molecule has 22 heavy (non-hydrogen) atoms. The first-order chi connectivity index (χ1) is 10.9. The van der Waals surface area contributed by atoms with Crippen molar-refractivity contribution in [2.75, 3.05) is 40.0 Å². The van der Waals surface area contributed by atoms with Gasteiger partial charge in [-0.25, -0.2) is 0 Å². The van der Waals surface area contributed by atoms with E-state index in [4.69, 9.17) is 9.47 Å². The maximum atomic E-state index is 5.96. The molecule has 128 valence electrons. The van der Waals surface area contributed by atoms with Crippen LogP contribution in [0, 0.1) is 5.92 Å². The van der Waals surface area contributed by atoms with E-state index in [1.54, 1.807) is 7.05 Å². The second-order valence-corrected chi connectivity index (χ2v) is 6.43. The molecule has 5 heteroatoms. The van der Waals surface area contributed by atoms with Crippen LogP contribution in [0.3, 0.4) is 0 Å². The van der Waals surface area contributed by atoms with Gasteiger partial charge in [0.2, 0.25) is 0 Å². The van der Waals surface area contributed by atoms with E-state index in [9.17, 15) is 0 Å². The van der Waals surface area contributed by atoms with Crippen LogP contribution in [-0.4, -0.2) is 52.0 Å². The SMILES string of the molecule is CN=C(NCCOCC1CC1)NCCOC1CCCCCC1. The van der Waals surface area contributed by atoms with Gasteiger partial charge in [0, 0.05) is 26.7 Å². The standard InChI is InChI=1S/C17H33N3O2/c1-18-17(19-10-12-21-14-15-8-9-15)20-11-13-22-16-6-4-2-3-5-7-16/h15-16H,2-14H2,1H3,(H2,18,19,20). The second-order valence-electron chi connectivity index (χ2n) is 6.43. The Hall–Kier alpha value is -0.810.